The third kappa shape index (κ3) is 4.19. The van der Waals surface area contributed by atoms with Crippen molar-refractivity contribution in [3.05, 3.63) is 29.8 Å². The Balaban J connectivity index is 2.13. The molecule has 0 aromatic heterocycles. The minimum Gasteiger partial charge on any atom is -0.377 e. The number of sulfonamides is 1. The van der Waals surface area contributed by atoms with Crippen LogP contribution in [0.3, 0.4) is 0 Å². The Hall–Kier alpha value is -0.620. The molecule has 1 aromatic carbocycles. The molecule has 1 aliphatic rings. The van der Waals surface area contributed by atoms with Crippen molar-refractivity contribution in [3.8, 4) is 0 Å². The van der Waals surface area contributed by atoms with Gasteiger partial charge in [0, 0.05) is 25.6 Å². The van der Waals surface area contributed by atoms with Gasteiger partial charge >= 0.3 is 0 Å². The third-order valence-corrected chi connectivity index (χ3v) is 5.76. The summed E-state index contributed by atoms with van der Waals surface area (Å²) >= 11 is 5.69. The molecule has 4 nitrogen and oxygen atoms in total. The van der Waals surface area contributed by atoms with E-state index in [4.69, 9.17) is 16.3 Å². The summed E-state index contributed by atoms with van der Waals surface area (Å²) in [7, 11) is -3.42. The monoisotopic (exact) mass is 331 g/mol. The molecule has 0 aliphatic carbocycles. The molecule has 1 aromatic rings. The zero-order valence-corrected chi connectivity index (χ0v) is 13.9. The van der Waals surface area contributed by atoms with Crippen molar-refractivity contribution in [2.24, 2.45) is 0 Å². The first-order valence-corrected chi connectivity index (χ1v) is 9.32. The molecule has 1 aliphatic heterocycles. The van der Waals surface area contributed by atoms with Crippen molar-refractivity contribution in [1.29, 1.82) is 0 Å². The molecule has 0 radical (unpaired) electrons. The molecular weight excluding hydrogens is 310 g/mol. The molecule has 0 saturated carbocycles. The van der Waals surface area contributed by atoms with Crippen LogP contribution in [0.2, 0.25) is 0 Å². The van der Waals surface area contributed by atoms with Gasteiger partial charge in [-0.05, 0) is 43.9 Å². The standard InChI is InChI=1S/C15H22ClNO3S/c1-2-20-14-4-3-11-17(12-14)21(18,19)15-7-5-13(6-8-15)9-10-16/h5-8,14H,2-4,9-12H2,1H3. The number of alkyl halides is 1. The Morgan fingerprint density at radius 3 is 2.67 bits per heavy atom. The molecule has 0 N–H and O–H groups in total. The Morgan fingerprint density at radius 1 is 1.33 bits per heavy atom. The molecule has 1 unspecified atom stereocenters. The van der Waals surface area contributed by atoms with Gasteiger partial charge in [-0.2, -0.15) is 4.31 Å². The number of hydrogen-bond acceptors (Lipinski definition) is 3. The first-order valence-electron chi connectivity index (χ1n) is 7.34. The molecule has 0 amide bonds. The Labute approximate surface area is 132 Å². The van der Waals surface area contributed by atoms with Gasteiger partial charge in [0.2, 0.25) is 10.0 Å². The highest BCUT2D eigenvalue weighted by Gasteiger charge is 2.30. The number of ether oxygens (including phenoxy) is 1. The van der Waals surface area contributed by atoms with Gasteiger partial charge in [0.05, 0.1) is 11.0 Å². The van der Waals surface area contributed by atoms with E-state index in [1.54, 1.807) is 12.1 Å². The third-order valence-electron chi connectivity index (χ3n) is 3.69. The summed E-state index contributed by atoms with van der Waals surface area (Å²) in [5, 5.41) is 0. The zero-order chi connectivity index (χ0) is 15.3. The molecule has 2 rings (SSSR count). The second-order valence-electron chi connectivity index (χ2n) is 5.17. The maximum absolute atomic E-state index is 12.7. The predicted molar refractivity (Wildman–Crippen MR) is 84.3 cm³/mol. The van der Waals surface area contributed by atoms with Crippen molar-refractivity contribution in [1.82, 2.24) is 4.31 Å². The van der Waals surface area contributed by atoms with E-state index < -0.39 is 10.0 Å². The van der Waals surface area contributed by atoms with Gasteiger partial charge in [-0.3, -0.25) is 0 Å². The van der Waals surface area contributed by atoms with E-state index in [1.807, 2.05) is 19.1 Å². The summed E-state index contributed by atoms with van der Waals surface area (Å²) in [4.78, 5) is 0.345. The van der Waals surface area contributed by atoms with Crippen LogP contribution in [0, 0.1) is 0 Å². The van der Waals surface area contributed by atoms with Crippen molar-refractivity contribution in [2.75, 3.05) is 25.6 Å². The van der Waals surface area contributed by atoms with Gasteiger partial charge in [0.25, 0.3) is 0 Å². The lowest BCUT2D eigenvalue weighted by molar-refractivity contribution is 0.0265. The lowest BCUT2D eigenvalue weighted by Crippen LogP contribution is -2.43. The van der Waals surface area contributed by atoms with Crippen LogP contribution < -0.4 is 0 Å². The number of nitrogens with zero attached hydrogens (tertiary/aromatic N) is 1. The second kappa shape index (κ2) is 7.58. The van der Waals surface area contributed by atoms with Gasteiger partial charge in [-0.15, -0.1) is 11.6 Å². The molecule has 1 fully saturated rings. The maximum Gasteiger partial charge on any atom is 0.243 e. The van der Waals surface area contributed by atoms with Crippen molar-refractivity contribution < 1.29 is 13.2 Å². The van der Waals surface area contributed by atoms with E-state index in [0.717, 1.165) is 24.8 Å². The van der Waals surface area contributed by atoms with Gasteiger partial charge in [0.15, 0.2) is 0 Å². The van der Waals surface area contributed by atoms with E-state index in [0.29, 0.717) is 30.5 Å². The smallest absolute Gasteiger partial charge is 0.243 e. The average Bonchev–Trinajstić information content (AvgIpc) is 2.49. The predicted octanol–water partition coefficient (Wildman–Crippen LogP) is 2.66. The van der Waals surface area contributed by atoms with Crippen molar-refractivity contribution in [3.63, 3.8) is 0 Å². The zero-order valence-electron chi connectivity index (χ0n) is 12.3. The molecule has 1 atom stereocenters. The van der Waals surface area contributed by atoms with Crippen LogP contribution in [0.25, 0.3) is 0 Å². The van der Waals surface area contributed by atoms with E-state index >= 15 is 0 Å². The summed E-state index contributed by atoms with van der Waals surface area (Å²) in [6.07, 6.45) is 2.52. The van der Waals surface area contributed by atoms with Gasteiger partial charge in [-0.1, -0.05) is 12.1 Å². The fraction of sp³-hybridized carbons (Fsp3) is 0.600. The Bertz CT molecular complexity index is 543. The minimum atomic E-state index is -3.42. The van der Waals surface area contributed by atoms with Crippen LogP contribution in [0.4, 0.5) is 0 Å². The molecule has 21 heavy (non-hydrogen) atoms. The quantitative estimate of drug-likeness (QED) is 0.753. The van der Waals surface area contributed by atoms with Gasteiger partial charge < -0.3 is 4.74 Å². The number of aryl methyl sites for hydroxylation is 1. The molecule has 1 heterocycles. The minimum absolute atomic E-state index is 0.00838. The SMILES string of the molecule is CCOC1CCCN(S(=O)(=O)c2ccc(CCCl)cc2)C1. The molecule has 0 spiro atoms. The summed E-state index contributed by atoms with van der Waals surface area (Å²) < 4.78 is 32.4. The highest BCUT2D eigenvalue weighted by atomic mass is 35.5. The highest BCUT2D eigenvalue weighted by Crippen LogP contribution is 2.22. The molecular formula is C15H22ClNO3S. The molecule has 0 bridgehead atoms. The van der Waals surface area contributed by atoms with Crippen LogP contribution >= 0.6 is 11.6 Å². The summed E-state index contributed by atoms with van der Waals surface area (Å²) in [5.41, 5.74) is 1.05. The lowest BCUT2D eigenvalue weighted by Gasteiger charge is -2.31. The van der Waals surface area contributed by atoms with Crippen LogP contribution in [0.15, 0.2) is 29.2 Å². The molecule has 6 heteroatoms. The Kier molecular flexibility index (Phi) is 6.05. The summed E-state index contributed by atoms with van der Waals surface area (Å²) in [6.45, 7) is 3.56. The Morgan fingerprint density at radius 2 is 2.05 bits per heavy atom. The lowest BCUT2D eigenvalue weighted by atomic mass is 10.1. The normalized spacial score (nSPS) is 20.6. The van der Waals surface area contributed by atoms with Gasteiger partial charge in [0.1, 0.15) is 0 Å². The van der Waals surface area contributed by atoms with Crippen molar-refractivity contribution in [2.45, 2.75) is 37.2 Å². The number of halogens is 1. The summed E-state index contributed by atoms with van der Waals surface area (Å²) in [5.74, 6) is 0.536. The van der Waals surface area contributed by atoms with Crippen molar-refractivity contribution >= 4 is 21.6 Å². The van der Waals surface area contributed by atoms with Crippen LogP contribution in [0.5, 0.6) is 0 Å². The fourth-order valence-electron chi connectivity index (χ4n) is 2.58. The van der Waals surface area contributed by atoms with E-state index in [2.05, 4.69) is 0 Å². The highest BCUT2D eigenvalue weighted by molar-refractivity contribution is 7.89. The van der Waals surface area contributed by atoms with Crippen LogP contribution in [-0.2, 0) is 21.2 Å². The first kappa shape index (κ1) is 16.7. The van der Waals surface area contributed by atoms with Crippen LogP contribution in [-0.4, -0.2) is 44.4 Å². The largest absolute Gasteiger partial charge is 0.377 e. The molecule has 1 saturated heterocycles. The van der Waals surface area contributed by atoms with Crippen LogP contribution in [0.1, 0.15) is 25.3 Å². The van der Waals surface area contributed by atoms with E-state index in [-0.39, 0.29) is 6.10 Å². The van der Waals surface area contributed by atoms with E-state index in [1.165, 1.54) is 4.31 Å². The van der Waals surface area contributed by atoms with Gasteiger partial charge in [-0.25, -0.2) is 8.42 Å². The maximum atomic E-state index is 12.7. The first-order chi connectivity index (χ1) is 10.1. The fourth-order valence-corrected chi connectivity index (χ4v) is 4.31. The number of rotatable bonds is 6. The summed E-state index contributed by atoms with van der Waals surface area (Å²) in [6, 6.07) is 7.00. The molecule has 118 valence electrons. The van der Waals surface area contributed by atoms with E-state index in [9.17, 15) is 8.42 Å². The second-order valence-corrected chi connectivity index (χ2v) is 7.48. The number of piperidine rings is 1. The number of benzene rings is 1. The number of hydrogen-bond donors (Lipinski definition) is 0. The average molecular weight is 332 g/mol. The topological polar surface area (TPSA) is 46.6 Å².